The first-order chi connectivity index (χ1) is 11.2. The van der Waals surface area contributed by atoms with E-state index in [4.69, 9.17) is 10.00 Å². The molecule has 0 bridgehead atoms. The molecule has 1 aliphatic rings. The van der Waals surface area contributed by atoms with Gasteiger partial charge in [-0.3, -0.25) is 4.79 Å². The van der Waals surface area contributed by atoms with Crippen molar-refractivity contribution in [1.82, 2.24) is 14.9 Å². The van der Waals surface area contributed by atoms with E-state index in [1.165, 1.54) is 11.3 Å². The molecule has 0 saturated carbocycles. The number of carbonyl (C=O) groups is 1. The average Bonchev–Trinajstić information content (AvgIpc) is 3.01. The first kappa shape index (κ1) is 15.4. The van der Waals surface area contributed by atoms with E-state index in [-0.39, 0.29) is 12.0 Å². The molecule has 0 aliphatic carbocycles. The van der Waals surface area contributed by atoms with Crippen molar-refractivity contribution in [3.63, 3.8) is 0 Å². The number of hydrogen-bond donors (Lipinski definition) is 0. The van der Waals surface area contributed by atoms with E-state index in [1.807, 2.05) is 6.92 Å². The summed E-state index contributed by atoms with van der Waals surface area (Å²) in [5.74, 6) is 0.370. The average molecular weight is 328 g/mol. The lowest BCUT2D eigenvalue weighted by molar-refractivity contribution is 0.0523. The quantitative estimate of drug-likeness (QED) is 0.864. The maximum atomic E-state index is 12.5. The smallest absolute Gasteiger partial charge is 0.273 e. The van der Waals surface area contributed by atoms with Gasteiger partial charge in [-0.05, 0) is 25.8 Å². The maximum Gasteiger partial charge on any atom is 0.273 e. The first-order valence-electron chi connectivity index (χ1n) is 7.40. The number of piperidine rings is 1. The van der Waals surface area contributed by atoms with Crippen LogP contribution >= 0.6 is 11.3 Å². The Labute approximate surface area is 138 Å². The van der Waals surface area contributed by atoms with Gasteiger partial charge in [0.05, 0.1) is 23.2 Å². The van der Waals surface area contributed by atoms with Crippen molar-refractivity contribution in [3.8, 4) is 11.9 Å². The number of hydrogen-bond acceptors (Lipinski definition) is 6. The second-order valence-electron chi connectivity index (χ2n) is 5.38. The van der Waals surface area contributed by atoms with Gasteiger partial charge in [0, 0.05) is 24.2 Å². The number of ether oxygens (including phenoxy) is 1. The maximum absolute atomic E-state index is 12.5. The zero-order chi connectivity index (χ0) is 16.2. The summed E-state index contributed by atoms with van der Waals surface area (Å²) < 4.78 is 5.85. The van der Waals surface area contributed by atoms with Gasteiger partial charge in [-0.15, -0.1) is 11.3 Å². The molecular weight excluding hydrogens is 312 g/mol. The Morgan fingerprint density at radius 3 is 3.17 bits per heavy atom. The number of amides is 1. The summed E-state index contributed by atoms with van der Waals surface area (Å²) >= 11 is 1.47. The minimum Gasteiger partial charge on any atom is -0.472 e. The van der Waals surface area contributed by atoms with E-state index in [9.17, 15) is 4.79 Å². The number of pyridine rings is 1. The largest absolute Gasteiger partial charge is 0.472 e. The van der Waals surface area contributed by atoms with Crippen molar-refractivity contribution in [2.45, 2.75) is 25.9 Å². The Balaban J connectivity index is 1.66. The van der Waals surface area contributed by atoms with Gasteiger partial charge in [-0.2, -0.15) is 5.26 Å². The second kappa shape index (κ2) is 6.75. The predicted octanol–water partition coefficient (Wildman–Crippen LogP) is 2.40. The standard InChI is InChI=1S/C16H16N4O2S/c1-11-19-14(10-23-11)16(21)20-6-2-3-13(9-20)22-15-7-12(8-17)4-5-18-15/h4-5,7,10,13H,2-3,6,9H2,1H3/t13-/m0/s1. The van der Waals surface area contributed by atoms with Gasteiger partial charge in [0.2, 0.25) is 5.88 Å². The highest BCUT2D eigenvalue weighted by molar-refractivity contribution is 7.09. The monoisotopic (exact) mass is 328 g/mol. The molecule has 0 N–H and O–H groups in total. The van der Waals surface area contributed by atoms with Gasteiger partial charge in [-0.25, -0.2) is 9.97 Å². The fourth-order valence-corrected chi connectivity index (χ4v) is 3.14. The molecule has 1 saturated heterocycles. The molecule has 7 heteroatoms. The molecule has 3 rings (SSSR count). The Bertz CT molecular complexity index is 753. The molecule has 23 heavy (non-hydrogen) atoms. The van der Waals surface area contributed by atoms with Crippen LogP contribution in [0.1, 0.15) is 33.9 Å². The van der Waals surface area contributed by atoms with E-state index in [0.29, 0.717) is 30.2 Å². The minimum atomic E-state index is -0.117. The van der Waals surface area contributed by atoms with Crippen LogP contribution < -0.4 is 4.74 Å². The zero-order valence-corrected chi connectivity index (χ0v) is 13.5. The van der Waals surface area contributed by atoms with Crippen LogP contribution in [0.3, 0.4) is 0 Å². The molecule has 6 nitrogen and oxygen atoms in total. The fourth-order valence-electron chi connectivity index (χ4n) is 2.56. The summed E-state index contributed by atoms with van der Waals surface area (Å²) in [6.07, 6.45) is 3.17. The highest BCUT2D eigenvalue weighted by atomic mass is 32.1. The number of nitriles is 1. The van der Waals surface area contributed by atoms with Crippen LogP contribution in [0.15, 0.2) is 23.7 Å². The predicted molar refractivity (Wildman–Crippen MR) is 85.4 cm³/mol. The van der Waals surface area contributed by atoms with E-state index in [1.54, 1.807) is 28.6 Å². The van der Waals surface area contributed by atoms with Gasteiger partial charge in [0.25, 0.3) is 5.91 Å². The first-order valence-corrected chi connectivity index (χ1v) is 8.28. The number of nitrogens with zero attached hydrogens (tertiary/aromatic N) is 4. The van der Waals surface area contributed by atoms with Crippen molar-refractivity contribution in [1.29, 1.82) is 5.26 Å². The van der Waals surface area contributed by atoms with Gasteiger partial charge < -0.3 is 9.64 Å². The highest BCUT2D eigenvalue weighted by Crippen LogP contribution is 2.19. The second-order valence-corrected chi connectivity index (χ2v) is 6.44. The molecule has 1 aliphatic heterocycles. The van der Waals surface area contributed by atoms with Crippen LogP contribution in [0.4, 0.5) is 0 Å². The Kier molecular flexibility index (Phi) is 4.53. The molecule has 1 fully saturated rings. The molecule has 2 aromatic rings. The molecule has 1 amide bonds. The topological polar surface area (TPSA) is 79.1 Å². The SMILES string of the molecule is Cc1nc(C(=O)N2CCC[C@H](Oc3cc(C#N)ccn3)C2)cs1. The summed E-state index contributed by atoms with van der Waals surface area (Å²) in [7, 11) is 0. The van der Waals surface area contributed by atoms with Crippen LogP contribution in [0.25, 0.3) is 0 Å². The van der Waals surface area contributed by atoms with Crippen LogP contribution in [0.2, 0.25) is 0 Å². The Morgan fingerprint density at radius 1 is 1.57 bits per heavy atom. The molecule has 0 spiro atoms. The third-order valence-corrected chi connectivity index (χ3v) is 4.43. The van der Waals surface area contributed by atoms with Crippen molar-refractivity contribution < 1.29 is 9.53 Å². The molecule has 1 atom stereocenters. The van der Waals surface area contributed by atoms with E-state index in [0.717, 1.165) is 17.8 Å². The Morgan fingerprint density at radius 2 is 2.43 bits per heavy atom. The van der Waals surface area contributed by atoms with Crippen molar-refractivity contribution in [2.24, 2.45) is 0 Å². The molecule has 118 valence electrons. The summed E-state index contributed by atoms with van der Waals surface area (Å²) in [4.78, 5) is 22.6. The number of rotatable bonds is 3. The Hall–Kier alpha value is -2.46. The zero-order valence-electron chi connectivity index (χ0n) is 12.7. The van der Waals surface area contributed by atoms with Gasteiger partial charge in [0.1, 0.15) is 11.8 Å². The van der Waals surface area contributed by atoms with E-state index >= 15 is 0 Å². The molecule has 0 unspecified atom stereocenters. The molecule has 3 heterocycles. The molecule has 0 aromatic carbocycles. The summed E-state index contributed by atoms with van der Waals surface area (Å²) in [5.41, 5.74) is 1.01. The number of aryl methyl sites for hydroxylation is 1. The van der Waals surface area contributed by atoms with E-state index in [2.05, 4.69) is 16.0 Å². The lowest BCUT2D eigenvalue weighted by atomic mass is 10.1. The third-order valence-electron chi connectivity index (χ3n) is 3.65. The van der Waals surface area contributed by atoms with E-state index < -0.39 is 0 Å². The minimum absolute atomic E-state index is 0.0543. The normalized spacial score (nSPS) is 17.6. The highest BCUT2D eigenvalue weighted by Gasteiger charge is 2.27. The number of carbonyl (C=O) groups excluding carboxylic acids is 1. The summed E-state index contributed by atoms with van der Waals surface area (Å²) in [6.45, 7) is 3.10. The summed E-state index contributed by atoms with van der Waals surface area (Å²) in [6, 6.07) is 5.31. The number of thiazole rings is 1. The number of likely N-dealkylation sites (tertiary alicyclic amines) is 1. The summed E-state index contributed by atoms with van der Waals surface area (Å²) in [5, 5.41) is 11.6. The van der Waals surface area contributed by atoms with Crippen molar-refractivity contribution in [2.75, 3.05) is 13.1 Å². The van der Waals surface area contributed by atoms with Gasteiger partial charge in [-0.1, -0.05) is 0 Å². The molecule has 0 radical (unpaired) electrons. The fraction of sp³-hybridized carbons (Fsp3) is 0.375. The molecule has 2 aromatic heterocycles. The molecular formula is C16H16N4O2S. The lowest BCUT2D eigenvalue weighted by Gasteiger charge is -2.32. The van der Waals surface area contributed by atoms with Crippen LogP contribution in [0, 0.1) is 18.3 Å². The van der Waals surface area contributed by atoms with Gasteiger partial charge in [0.15, 0.2) is 0 Å². The van der Waals surface area contributed by atoms with Crippen molar-refractivity contribution in [3.05, 3.63) is 40.0 Å². The third kappa shape index (κ3) is 3.66. The van der Waals surface area contributed by atoms with Crippen LogP contribution in [-0.2, 0) is 0 Å². The van der Waals surface area contributed by atoms with Gasteiger partial charge >= 0.3 is 0 Å². The van der Waals surface area contributed by atoms with Crippen molar-refractivity contribution >= 4 is 17.2 Å². The number of aromatic nitrogens is 2. The lowest BCUT2D eigenvalue weighted by Crippen LogP contribution is -2.44. The van der Waals surface area contributed by atoms with Crippen LogP contribution in [-0.4, -0.2) is 40.0 Å². The van der Waals surface area contributed by atoms with Crippen LogP contribution in [0.5, 0.6) is 5.88 Å².